The van der Waals surface area contributed by atoms with Crippen LogP contribution in [0.5, 0.6) is 0 Å². The molecule has 1 N–H and O–H groups in total. The van der Waals surface area contributed by atoms with Crippen molar-refractivity contribution in [1.29, 1.82) is 0 Å². The van der Waals surface area contributed by atoms with E-state index in [0.29, 0.717) is 12.1 Å². The number of aromatic nitrogens is 1. The average Bonchev–Trinajstić information content (AvgIpc) is 2.86. The Labute approximate surface area is 196 Å². The molecule has 1 aromatic heterocycles. The highest BCUT2D eigenvalue weighted by molar-refractivity contribution is 5.97. The fraction of sp³-hybridized carbons (Fsp3) is 0.357. The van der Waals surface area contributed by atoms with Gasteiger partial charge in [-0.3, -0.25) is 25.1 Å². The number of aryl methyl sites for hydroxylation is 1. The maximum absolute atomic E-state index is 13.5. The first-order valence-corrected chi connectivity index (χ1v) is 12.1. The normalized spacial score (nSPS) is 18.5. The molecule has 5 rings (SSSR count). The Bertz CT molecular complexity index is 1160. The van der Waals surface area contributed by atoms with Gasteiger partial charge in [-0.25, -0.2) is 0 Å². The summed E-state index contributed by atoms with van der Waals surface area (Å²) in [5, 5.41) is 2.79. The third-order valence-corrected chi connectivity index (χ3v) is 6.89. The van der Waals surface area contributed by atoms with E-state index < -0.39 is 0 Å². The topological polar surface area (TPSA) is 48.5 Å². The number of anilines is 1. The molecule has 1 atom stereocenters. The minimum Gasteiger partial charge on any atom is -0.298 e. The molecule has 3 aromatic rings. The summed E-state index contributed by atoms with van der Waals surface area (Å²) in [6.45, 7) is 5.59. The van der Waals surface area contributed by atoms with Crippen LogP contribution < -0.4 is 5.43 Å². The van der Waals surface area contributed by atoms with E-state index >= 15 is 0 Å². The van der Waals surface area contributed by atoms with Crippen LogP contribution >= 0.6 is 0 Å². The SMILES string of the molecule is Cc1cc(NN(CCN2CCC3CCCC=C3C2)C(=O)c2ccccc2)c2ccccc2n1. The summed E-state index contributed by atoms with van der Waals surface area (Å²) < 4.78 is 0. The predicted molar refractivity (Wildman–Crippen MR) is 134 cm³/mol. The molecule has 1 unspecified atom stereocenters. The Kier molecular flexibility index (Phi) is 6.40. The lowest BCUT2D eigenvalue weighted by molar-refractivity contribution is 0.0772. The third-order valence-electron chi connectivity index (χ3n) is 6.89. The Balaban J connectivity index is 1.37. The highest BCUT2D eigenvalue weighted by Crippen LogP contribution is 2.32. The van der Waals surface area contributed by atoms with Crippen molar-refractivity contribution in [2.45, 2.75) is 32.6 Å². The predicted octanol–water partition coefficient (Wildman–Crippen LogP) is 5.44. The van der Waals surface area contributed by atoms with E-state index in [1.807, 2.05) is 61.5 Å². The van der Waals surface area contributed by atoms with Gasteiger partial charge in [0, 0.05) is 29.7 Å². The van der Waals surface area contributed by atoms with Crippen LogP contribution in [-0.2, 0) is 0 Å². The van der Waals surface area contributed by atoms with Gasteiger partial charge in [0.1, 0.15) is 0 Å². The molecular formula is C28H32N4O. The molecule has 1 aliphatic heterocycles. The molecule has 33 heavy (non-hydrogen) atoms. The van der Waals surface area contributed by atoms with Crippen molar-refractivity contribution in [3.05, 3.63) is 83.6 Å². The highest BCUT2D eigenvalue weighted by Gasteiger charge is 2.26. The number of carbonyl (C=O) groups is 1. The maximum Gasteiger partial charge on any atom is 0.272 e. The Morgan fingerprint density at radius 2 is 1.94 bits per heavy atom. The molecule has 2 heterocycles. The lowest BCUT2D eigenvalue weighted by Gasteiger charge is -2.37. The van der Waals surface area contributed by atoms with Crippen LogP contribution in [0.2, 0.25) is 0 Å². The molecule has 0 radical (unpaired) electrons. The fourth-order valence-electron chi connectivity index (χ4n) is 5.13. The van der Waals surface area contributed by atoms with Gasteiger partial charge in [-0.15, -0.1) is 0 Å². The number of hydrogen-bond acceptors (Lipinski definition) is 4. The Morgan fingerprint density at radius 3 is 2.82 bits per heavy atom. The van der Waals surface area contributed by atoms with Crippen LogP contribution in [0, 0.1) is 12.8 Å². The van der Waals surface area contributed by atoms with Crippen molar-refractivity contribution in [2.24, 2.45) is 5.92 Å². The number of fused-ring (bicyclic) bond motifs is 2. The number of hydrogen-bond donors (Lipinski definition) is 1. The first-order valence-electron chi connectivity index (χ1n) is 12.1. The smallest absolute Gasteiger partial charge is 0.272 e. The van der Waals surface area contributed by atoms with Gasteiger partial charge in [0.25, 0.3) is 5.91 Å². The number of amides is 1. The summed E-state index contributed by atoms with van der Waals surface area (Å²) >= 11 is 0. The number of allylic oxidation sites excluding steroid dienone is 1. The van der Waals surface area contributed by atoms with Gasteiger partial charge in [-0.05, 0) is 69.3 Å². The molecule has 5 heteroatoms. The molecule has 0 bridgehead atoms. The number of nitrogens with zero attached hydrogens (tertiary/aromatic N) is 3. The molecule has 1 fully saturated rings. The standard InChI is InChI=1S/C28H32N4O/c1-21-19-27(25-13-7-8-14-26(25)29-21)30-32(28(33)23-10-3-2-4-11-23)18-17-31-16-15-22-9-5-6-12-24(22)20-31/h2-4,7-8,10-14,19,22H,5-6,9,15-18,20H2,1H3,(H,29,30). The van der Waals surface area contributed by atoms with Crippen molar-refractivity contribution in [1.82, 2.24) is 14.9 Å². The van der Waals surface area contributed by atoms with Crippen molar-refractivity contribution in [3.63, 3.8) is 0 Å². The number of rotatable bonds is 6. The molecule has 5 nitrogen and oxygen atoms in total. The van der Waals surface area contributed by atoms with E-state index in [1.165, 1.54) is 25.7 Å². The zero-order chi connectivity index (χ0) is 22.6. The number of piperidine rings is 1. The number of likely N-dealkylation sites (tertiary alicyclic amines) is 1. The summed E-state index contributed by atoms with van der Waals surface area (Å²) in [5.74, 6) is 0.766. The zero-order valence-corrected chi connectivity index (χ0v) is 19.3. The van der Waals surface area contributed by atoms with Crippen LogP contribution in [0.3, 0.4) is 0 Å². The van der Waals surface area contributed by atoms with E-state index in [9.17, 15) is 4.79 Å². The Morgan fingerprint density at radius 1 is 1.12 bits per heavy atom. The first kappa shape index (κ1) is 21.7. The minimum absolute atomic E-state index is 0.0130. The van der Waals surface area contributed by atoms with Gasteiger partial charge < -0.3 is 0 Å². The van der Waals surface area contributed by atoms with Crippen LogP contribution in [-0.4, -0.2) is 47.0 Å². The van der Waals surface area contributed by atoms with E-state index in [1.54, 1.807) is 10.6 Å². The number of nitrogens with one attached hydrogen (secondary N) is 1. The summed E-state index contributed by atoms with van der Waals surface area (Å²) in [4.78, 5) is 20.6. The molecule has 1 aliphatic carbocycles. The number of pyridine rings is 1. The second-order valence-electron chi connectivity index (χ2n) is 9.23. The minimum atomic E-state index is -0.0130. The number of para-hydroxylation sites is 1. The number of benzene rings is 2. The fourth-order valence-corrected chi connectivity index (χ4v) is 5.13. The van der Waals surface area contributed by atoms with Crippen molar-refractivity contribution >= 4 is 22.5 Å². The third kappa shape index (κ3) is 4.93. The molecule has 0 saturated carbocycles. The summed E-state index contributed by atoms with van der Waals surface area (Å²) in [5.41, 5.74) is 8.52. The van der Waals surface area contributed by atoms with Gasteiger partial charge in [-0.2, -0.15) is 0 Å². The second-order valence-corrected chi connectivity index (χ2v) is 9.23. The molecular weight excluding hydrogens is 408 g/mol. The molecule has 170 valence electrons. The largest absolute Gasteiger partial charge is 0.298 e. The summed E-state index contributed by atoms with van der Waals surface area (Å²) in [6.07, 6.45) is 7.58. The monoisotopic (exact) mass is 440 g/mol. The van der Waals surface area contributed by atoms with E-state index in [-0.39, 0.29) is 5.91 Å². The van der Waals surface area contributed by atoms with Gasteiger partial charge >= 0.3 is 0 Å². The van der Waals surface area contributed by atoms with Crippen LogP contribution in [0.15, 0.2) is 72.3 Å². The molecule has 2 aromatic carbocycles. The second kappa shape index (κ2) is 9.75. The van der Waals surface area contributed by atoms with E-state index in [2.05, 4.69) is 27.5 Å². The maximum atomic E-state index is 13.5. The van der Waals surface area contributed by atoms with Gasteiger partial charge in [0.2, 0.25) is 0 Å². The lowest BCUT2D eigenvalue weighted by Crippen LogP contribution is -2.45. The number of carbonyl (C=O) groups excluding carboxylic acids is 1. The highest BCUT2D eigenvalue weighted by atomic mass is 16.2. The first-order chi connectivity index (χ1) is 16.2. The van der Waals surface area contributed by atoms with Gasteiger partial charge in [0.15, 0.2) is 0 Å². The van der Waals surface area contributed by atoms with Crippen LogP contribution in [0.4, 0.5) is 5.69 Å². The quantitative estimate of drug-likeness (QED) is 0.409. The van der Waals surface area contributed by atoms with Crippen LogP contribution in [0.1, 0.15) is 41.7 Å². The van der Waals surface area contributed by atoms with Crippen molar-refractivity contribution < 1.29 is 4.79 Å². The molecule has 1 amide bonds. The molecule has 0 spiro atoms. The summed E-state index contributed by atoms with van der Waals surface area (Å²) in [6, 6.07) is 19.6. The lowest BCUT2D eigenvalue weighted by atomic mass is 9.82. The van der Waals surface area contributed by atoms with Gasteiger partial charge in [-0.1, -0.05) is 48.0 Å². The van der Waals surface area contributed by atoms with E-state index in [4.69, 9.17) is 0 Å². The molecule has 2 aliphatic rings. The van der Waals surface area contributed by atoms with Crippen molar-refractivity contribution in [3.8, 4) is 0 Å². The van der Waals surface area contributed by atoms with Crippen molar-refractivity contribution in [2.75, 3.05) is 31.6 Å². The number of hydrazine groups is 1. The zero-order valence-electron chi connectivity index (χ0n) is 19.3. The van der Waals surface area contributed by atoms with E-state index in [0.717, 1.165) is 47.8 Å². The van der Waals surface area contributed by atoms with Gasteiger partial charge in [0.05, 0.1) is 17.7 Å². The molecule has 1 saturated heterocycles. The summed E-state index contributed by atoms with van der Waals surface area (Å²) in [7, 11) is 0. The Hall–Kier alpha value is -3.18. The van der Waals surface area contributed by atoms with Crippen LogP contribution in [0.25, 0.3) is 10.9 Å². The average molecular weight is 441 g/mol.